The van der Waals surface area contributed by atoms with Crippen molar-refractivity contribution in [1.82, 2.24) is 14.7 Å². The summed E-state index contributed by atoms with van der Waals surface area (Å²) in [6.45, 7) is 3.54. The number of amides is 1. The summed E-state index contributed by atoms with van der Waals surface area (Å²) in [5.41, 5.74) is 7.41. The van der Waals surface area contributed by atoms with Crippen LogP contribution in [0.5, 0.6) is 0 Å². The molecule has 0 unspecified atom stereocenters. The third-order valence-corrected chi connectivity index (χ3v) is 5.04. The summed E-state index contributed by atoms with van der Waals surface area (Å²) in [5, 5.41) is 7.32. The monoisotopic (exact) mass is 341 g/mol. The van der Waals surface area contributed by atoms with Crippen LogP contribution < -0.4 is 11.1 Å². The van der Waals surface area contributed by atoms with Gasteiger partial charge in [0.25, 0.3) is 0 Å². The van der Waals surface area contributed by atoms with Crippen molar-refractivity contribution in [2.45, 2.75) is 18.9 Å². The molecule has 1 aromatic heterocycles. The standard InChI is InChI=1S/C18H23N5O2/c19-16-10-23(14-4-2-1-3-5-14)21-17(16)20-18(24)13-6-8-22(9-7-13)15-11-25-12-15/h1-5,10,13,15H,6-9,11-12,19H2,(H,20,21,24). The molecule has 0 spiro atoms. The molecule has 2 aliphatic rings. The van der Waals surface area contributed by atoms with Gasteiger partial charge < -0.3 is 15.8 Å². The van der Waals surface area contributed by atoms with E-state index in [4.69, 9.17) is 10.5 Å². The minimum Gasteiger partial charge on any atom is -0.394 e. The molecule has 0 saturated carbocycles. The van der Waals surface area contributed by atoms with Gasteiger partial charge in [-0.25, -0.2) is 4.68 Å². The first-order chi connectivity index (χ1) is 12.2. The Hall–Kier alpha value is -2.38. The summed E-state index contributed by atoms with van der Waals surface area (Å²) in [7, 11) is 0. The van der Waals surface area contributed by atoms with Crippen LogP contribution in [0.15, 0.2) is 36.5 Å². The van der Waals surface area contributed by atoms with Gasteiger partial charge >= 0.3 is 0 Å². The van der Waals surface area contributed by atoms with Crippen molar-refractivity contribution in [2.24, 2.45) is 5.92 Å². The second kappa shape index (κ2) is 6.85. The number of hydrogen-bond acceptors (Lipinski definition) is 5. The number of nitrogens with zero attached hydrogens (tertiary/aromatic N) is 3. The predicted molar refractivity (Wildman–Crippen MR) is 95.5 cm³/mol. The number of carbonyl (C=O) groups excluding carboxylic acids is 1. The number of likely N-dealkylation sites (tertiary alicyclic amines) is 1. The van der Waals surface area contributed by atoms with Crippen molar-refractivity contribution in [3.63, 3.8) is 0 Å². The van der Waals surface area contributed by atoms with Gasteiger partial charge in [0.15, 0.2) is 5.82 Å². The highest BCUT2D eigenvalue weighted by atomic mass is 16.5. The summed E-state index contributed by atoms with van der Waals surface area (Å²) in [6, 6.07) is 10.2. The summed E-state index contributed by atoms with van der Waals surface area (Å²) in [6.07, 6.45) is 3.45. The summed E-state index contributed by atoms with van der Waals surface area (Å²) in [5.74, 6) is 0.455. The van der Waals surface area contributed by atoms with Crippen LogP contribution in [0.4, 0.5) is 11.5 Å². The number of hydrogen-bond donors (Lipinski definition) is 2. The molecule has 3 N–H and O–H groups in total. The lowest BCUT2D eigenvalue weighted by Crippen LogP contribution is -2.52. The fraction of sp³-hybridized carbons (Fsp3) is 0.444. The van der Waals surface area contributed by atoms with Gasteiger partial charge in [-0.3, -0.25) is 9.69 Å². The number of nitrogens with one attached hydrogen (secondary N) is 1. The van der Waals surface area contributed by atoms with E-state index in [-0.39, 0.29) is 11.8 Å². The Morgan fingerprint density at radius 2 is 1.92 bits per heavy atom. The lowest BCUT2D eigenvalue weighted by atomic mass is 9.94. The van der Waals surface area contributed by atoms with Crippen molar-refractivity contribution >= 4 is 17.4 Å². The first-order valence-corrected chi connectivity index (χ1v) is 8.74. The number of para-hydroxylation sites is 1. The second-order valence-corrected chi connectivity index (χ2v) is 6.70. The van der Waals surface area contributed by atoms with Gasteiger partial charge in [-0.05, 0) is 38.1 Å². The lowest BCUT2D eigenvalue weighted by molar-refractivity contribution is -0.123. The smallest absolute Gasteiger partial charge is 0.228 e. The highest BCUT2D eigenvalue weighted by Gasteiger charge is 2.32. The number of nitrogen functional groups attached to an aromatic ring is 1. The Morgan fingerprint density at radius 3 is 2.56 bits per heavy atom. The molecule has 2 saturated heterocycles. The molecule has 4 rings (SSSR count). The molecule has 0 aliphatic carbocycles. The highest BCUT2D eigenvalue weighted by molar-refractivity contribution is 5.94. The number of rotatable bonds is 4. The Morgan fingerprint density at radius 1 is 1.20 bits per heavy atom. The van der Waals surface area contributed by atoms with Gasteiger partial charge in [-0.2, -0.15) is 0 Å². The summed E-state index contributed by atoms with van der Waals surface area (Å²) in [4.78, 5) is 15.0. The Labute approximate surface area is 146 Å². The van der Waals surface area contributed by atoms with E-state index in [1.165, 1.54) is 0 Å². The van der Waals surface area contributed by atoms with E-state index < -0.39 is 0 Å². The average molecular weight is 341 g/mol. The van der Waals surface area contributed by atoms with Crippen LogP contribution >= 0.6 is 0 Å². The molecular formula is C18H23N5O2. The van der Waals surface area contributed by atoms with Crippen molar-refractivity contribution < 1.29 is 9.53 Å². The highest BCUT2D eigenvalue weighted by Crippen LogP contribution is 2.24. The molecule has 25 heavy (non-hydrogen) atoms. The van der Waals surface area contributed by atoms with Crippen LogP contribution in [-0.2, 0) is 9.53 Å². The minimum absolute atomic E-state index is 0.00882. The molecule has 3 heterocycles. The van der Waals surface area contributed by atoms with Gasteiger partial charge in [-0.15, -0.1) is 5.10 Å². The van der Waals surface area contributed by atoms with E-state index in [9.17, 15) is 4.79 Å². The zero-order chi connectivity index (χ0) is 17.2. The number of benzene rings is 1. The third kappa shape index (κ3) is 3.38. The van der Waals surface area contributed by atoms with Gasteiger partial charge in [-0.1, -0.05) is 18.2 Å². The zero-order valence-corrected chi connectivity index (χ0v) is 14.1. The van der Waals surface area contributed by atoms with E-state index in [0.717, 1.165) is 44.8 Å². The Kier molecular flexibility index (Phi) is 4.42. The van der Waals surface area contributed by atoms with Crippen molar-refractivity contribution in [2.75, 3.05) is 37.4 Å². The predicted octanol–water partition coefficient (Wildman–Crippen LogP) is 1.50. The number of ether oxygens (including phenoxy) is 1. The number of piperidine rings is 1. The number of aromatic nitrogens is 2. The fourth-order valence-electron chi connectivity index (χ4n) is 3.38. The first kappa shape index (κ1) is 16.1. The zero-order valence-electron chi connectivity index (χ0n) is 14.1. The molecule has 132 valence electrons. The molecule has 7 nitrogen and oxygen atoms in total. The van der Waals surface area contributed by atoms with E-state index in [2.05, 4.69) is 15.3 Å². The van der Waals surface area contributed by atoms with Crippen molar-refractivity contribution in [3.8, 4) is 5.69 Å². The Bertz CT molecular complexity index is 733. The van der Waals surface area contributed by atoms with Crippen LogP contribution in [0.25, 0.3) is 5.69 Å². The van der Waals surface area contributed by atoms with Gasteiger partial charge in [0.05, 0.1) is 36.8 Å². The van der Waals surface area contributed by atoms with E-state index in [1.54, 1.807) is 10.9 Å². The number of anilines is 2. The second-order valence-electron chi connectivity index (χ2n) is 6.70. The van der Waals surface area contributed by atoms with E-state index in [0.29, 0.717) is 17.5 Å². The van der Waals surface area contributed by atoms with Crippen LogP contribution in [0, 0.1) is 5.92 Å². The normalized spacial score (nSPS) is 19.5. The van der Waals surface area contributed by atoms with E-state index in [1.807, 2.05) is 30.3 Å². The molecule has 2 aromatic rings. The largest absolute Gasteiger partial charge is 0.394 e. The molecule has 0 radical (unpaired) electrons. The molecule has 0 atom stereocenters. The number of carbonyl (C=O) groups is 1. The van der Waals surface area contributed by atoms with Crippen LogP contribution in [-0.4, -0.2) is 52.9 Å². The molecule has 2 aliphatic heterocycles. The molecule has 2 fully saturated rings. The molecule has 1 amide bonds. The quantitative estimate of drug-likeness (QED) is 0.880. The van der Waals surface area contributed by atoms with Gasteiger partial charge in [0.1, 0.15) is 0 Å². The maximum atomic E-state index is 12.6. The maximum absolute atomic E-state index is 12.6. The summed E-state index contributed by atoms with van der Waals surface area (Å²) < 4.78 is 6.93. The molecular weight excluding hydrogens is 318 g/mol. The minimum atomic E-state index is 0.00882. The average Bonchev–Trinajstić information content (AvgIpc) is 2.95. The molecule has 0 bridgehead atoms. The fourth-order valence-corrected chi connectivity index (χ4v) is 3.38. The molecule has 7 heteroatoms. The van der Waals surface area contributed by atoms with Crippen molar-refractivity contribution in [3.05, 3.63) is 36.5 Å². The number of nitrogens with two attached hydrogens (primary N) is 1. The Balaban J connectivity index is 1.37. The van der Waals surface area contributed by atoms with Gasteiger partial charge in [0.2, 0.25) is 5.91 Å². The van der Waals surface area contributed by atoms with Crippen LogP contribution in [0.2, 0.25) is 0 Å². The summed E-state index contributed by atoms with van der Waals surface area (Å²) >= 11 is 0. The van der Waals surface area contributed by atoms with E-state index >= 15 is 0 Å². The van der Waals surface area contributed by atoms with Crippen molar-refractivity contribution in [1.29, 1.82) is 0 Å². The van der Waals surface area contributed by atoms with Gasteiger partial charge in [0, 0.05) is 5.92 Å². The molecule has 1 aromatic carbocycles. The lowest BCUT2D eigenvalue weighted by Gasteiger charge is -2.41. The topological polar surface area (TPSA) is 85.4 Å². The van der Waals surface area contributed by atoms with Crippen LogP contribution in [0.1, 0.15) is 12.8 Å². The van der Waals surface area contributed by atoms with Crippen LogP contribution in [0.3, 0.4) is 0 Å². The third-order valence-electron chi connectivity index (χ3n) is 5.04. The first-order valence-electron chi connectivity index (χ1n) is 8.74. The SMILES string of the molecule is Nc1cn(-c2ccccc2)nc1NC(=O)C1CCN(C2COC2)CC1. The maximum Gasteiger partial charge on any atom is 0.228 e.